The Morgan fingerprint density at radius 2 is 1.95 bits per heavy atom. The van der Waals surface area contributed by atoms with Crippen LogP contribution in [0.3, 0.4) is 0 Å². The maximum atomic E-state index is 13.6. The maximum Gasteiger partial charge on any atom is 0.123 e. The fraction of sp³-hybridized carbons (Fsp3) is 0.222. The number of halogens is 3. The van der Waals surface area contributed by atoms with Gasteiger partial charge in [0.25, 0.3) is 0 Å². The lowest BCUT2D eigenvalue weighted by atomic mass is 9.77. The third kappa shape index (κ3) is 2.13. The molecule has 2 aliphatic rings. The molecule has 112 valence electrons. The van der Waals surface area contributed by atoms with Crippen LogP contribution in [0.1, 0.15) is 29.5 Å². The van der Waals surface area contributed by atoms with E-state index in [0.29, 0.717) is 16.0 Å². The minimum absolute atomic E-state index is 0.0733. The van der Waals surface area contributed by atoms with Gasteiger partial charge >= 0.3 is 0 Å². The molecule has 4 heteroatoms. The molecule has 1 heterocycles. The van der Waals surface area contributed by atoms with Crippen molar-refractivity contribution in [2.75, 3.05) is 5.32 Å². The normalized spacial score (nSPS) is 25.5. The number of benzene rings is 2. The first-order chi connectivity index (χ1) is 10.6. The Bertz CT molecular complexity index is 772. The number of hydrogen-bond acceptors (Lipinski definition) is 1. The molecular formula is C18H14Cl2FN. The van der Waals surface area contributed by atoms with Crippen molar-refractivity contribution in [2.45, 2.75) is 18.4 Å². The van der Waals surface area contributed by atoms with Gasteiger partial charge in [0.1, 0.15) is 5.82 Å². The molecule has 2 aromatic carbocycles. The number of hydrogen-bond donors (Lipinski definition) is 1. The molecule has 1 nitrogen and oxygen atoms in total. The van der Waals surface area contributed by atoms with Crippen molar-refractivity contribution in [1.29, 1.82) is 0 Å². The number of nitrogens with one attached hydrogen (secondary N) is 1. The minimum atomic E-state index is -0.196. The monoisotopic (exact) mass is 333 g/mol. The van der Waals surface area contributed by atoms with Crippen LogP contribution in [-0.2, 0) is 0 Å². The van der Waals surface area contributed by atoms with E-state index in [4.69, 9.17) is 23.2 Å². The first-order valence-electron chi connectivity index (χ1n) is 7.31. The standard InChI is InChI=1S/C18H14Cl2FN/c19-15-6-2-5-13(17(15)20)18-12-4-1-3-11(12)14-9-10(21)7-8-16(14)22-18/h1-3,5-9,11-12,18,22H,4H2/t11-,12+,18+/m1/s1. The lowest BCUT2D eigenvalue weighted by molar-refractivity contribution is 0.424. The lowest BCUT2D eigenvalue weighted by Gasteiger charge is -2.38. The van der Waals surface area contributed by atoms with Crippen molar-refractivity contribution in [1.82, 2.24) is 0 Å². The molecule has 0 saturated heterocycles. The highest BCUT2D eigenvalue weighted by atomic mass is 35.5. The van der Waals surface area contributed by atoms with Crippen molar-refractivity contribution in [3.63, 3.8) is 0 Å². The minimum Gasteiger partial charge on any atom is -0.378 e. The van der Waals surface area contributed by atoms with Crippen molar-refractivity contribution in [3.05, 3.63) is 75.5 Å². The number of allylic oxidation sites excluding steroid dienone is 2. The van der Waals surface area contributed by atoms with Crippen molar-refractivity contribution in [2.24, 2.45) is 5.92 Å². The molecule has 1 N–H and O–H groups in total. The molecule has 0 radical (unpaired) electrons. The zero-order chi connectivity index (χ0) is 15.3. The van der Waals surface area contributed by atoms with Crippen LogP contribution in [0.4, 0.5) is 10.1 Å². The predicted molar refractivity (Wildman–Crippen MR) is 89.2 cm³/mol. The first kappa shape index (κ1) is 14.1. The molecule has 1 aliphatic heterocycles. The molecule has 22 heavy (non-hydrogen) atoms. The Kier molecular flexibility index (Phi) is 3.39. The second kappa shape index (κ2) is 5.29. The second-order valence-corrected chi connectivity index (χ2v) is 6.64. The Morgan fingerprint density at radius 1 is 1.09 bits per heavy atom. The molecular weight excluding hydrogens is 320 g/mol. The van der Waals surface area contributed by atoms with Crippen molar-refractivity contribution in [3.8, 4) is 0 Å². The summed E-state index contributed by atoms with van der Waals surface area (Å²) < 4.78 is 13.6. The van der Waals surface area contributed by atoms with Gasteiger partial charge in [0, 0.05) is 11.6 Å². The smallest absolute Gasteiger partial charge is 0.123 e. The molecule has 2 aromatic rings. The highest BCUT2D eigenvalue weighted by Gasteiger charge is 2.38. The molecule has 0 unspecified atom stereocenters. The van der Waals surface area contributed by atoms with Gasteiger partial charge in [-0.2, -0.15) is 0 Å². The first-order valence-corrected chi connectivity index (χ1v) is 8.07. The Hall–Kier alpha value is -1.51. The van der Waals surface area contributed by atoms with E-state index in [9.17, 15) is 4.39 Å². The van der Waals surface area contributed by atoms with Crippen LogP contribution in [0.15, 0.2) is 48.6 Å². The summed E-state index contributed by atoms with van der Waals surface area (Å²) in [6, 6.07) is 10.7. The largest absolute Gasteiger partial charge is 0.378 e. The van der Waals surface area contributed by atoms with Crippen molar-refractivity contribution >= 4 is 28.9 Å². The molecule has 0 amide bonds. The molecule has 0 spiro atoms. The summed E-state index contributed by atoms with van der Waals surface area (Å²) >= 11 is 12.6. The third-order valence-corrected chi connectivity index (χ3v) is 5.47. The van der Waals surface area contributed by atoms with Gasteiger partial charge in [-0.05, 0) is 47.7 Å². The van der Waals surface area contributed by atoms with Crippen LogP contribution in [-0.4, -0.2) is 0 Å². The van der Waals surface area contributed by atoms with Crippen LogP contribution in [0.5, 0.6) is 0 Å². The fourth-order valence-corrected chi connectivity index (χ4v) is 4.06. The van der Waals surface area contributed by atoms with E-state index >= 15 is 0 Å². The SMILES string of the molecule is Fc1ccc2c(c1)[C@@H]1C=CC[C@@H]1[C@@H](c1cccc(Cl)c1Cl)N2. The van der Waals surface area contributed by atoms with Gasteiger partial charge in [-0.1, -0.05) is 47.5 Å². The van der Waals surface area contributed by atoms with Gasteiger partial charge in [-0.3, -0.25) is 0 Å². The summed E-state index contributed by atoms with van der Waals surface area (Å²) in [5.41, 5.74) is 2.99. The Labute approximate surface area is 138 Å². The molecule has 0 saturated carbocycles. The third-order valence-electron chi connectivity index (χ3n) is 4.64. The van der Waals surface area contributed by atoms with E-state index in [2.05, 4.69) is 17.5 Å². The van der Waals surface area contributed by atoms with Gasteiger partial charge in [0.15, 0.2) is 0 Å². The van der Waals surface area contributed by atoms with E-state index in [-0.39, 0.29) is 17.8 Å². The topological polar surface area (TPSA) is 12.0 Å². The molecule has 4 rings (SSSR count). The summed E-state index contributed by atoms with van der Waals surface area (Å²) in [6.07, 6.45) is 5.29. The molecule has 1 aliphatic carbocycles. The summed E-state index contributed by atoms with van der Waals surface area (Å²) in [5, 5.41) is 4.69. The summed E-state index contributed by atoms with van der Waals surface area (Å²) in [5.74, 6) is 0.344. The van der Waals surface area contributed by atoms with E-state index in [1.165, 1.54) is 6.07 Å². The fourth-order valence-electron chi connectivity index (χ4n) is 3.63. The summed E-state index contributed by atoms with van der Waals surface area (Å²) in [7, 11) is 0. The summed E-state index contributed by atoms with van der Waals surface area (Å²) in [6.45, 7) is 0. The van der Waals surface area contributed by atoms with E-state index < -0.39 is 0 Å². The van der Waals surface area contributed by atoms with Crippen LogP contribution < -0.4 is 5.32 Å². The number of fused-ring (bicyclic) bond motifs is 3. The van der Waals surface area contributed by atoms with Crippen molar-refractivity contribution < 1.29 is 4.39 Å². The van der Waals surface area contributed by atoms with E-state index in [0.717, 1.165) is 23.2 Å². The molecule has 0 aromatic heterocycles. The van der Waals surface area contributed by atoms with Crippen LogP contribution in [0, 0.1) is 11.7 Å². The zero-order valence-corrected chi connectivity index (χ0v) is 13.2. The average Bonchev–Trinajstić information content (AvgIpc) is 2.99. The van der Waals surface area contributed by atoms with E-state index in [1.807, 2.05) is 12.1 Å². The van der Waals surface area contributed by atoms with Gasteiger partial charge in [-0.15, -0.1) is 0 Å². The molecule has 3 atom stereocenters. The highest BCUT2D eigenvalue weighted by Crippen LogP contribution is 2.51. The van der Waals surface area contributed by atoms with Crippen LogP contribution in [0.25, 0.3) is 0 Å². The number of rotatable bonds is 1. The molecule has 0 bridgehead atoms. The summed E-state index contributed by atoms with van der Waals surface area (Å²) in [4.78, 5) is 0. The van der Waals surface area contributed by atoms with Gasteiger partial charge < -0.3 is 5.32 Å². The Balaban J connectivity index is 1.83. The lowest BCUT2D eigenvalue weighted by Crippen LogP contribution is -2.29. The second-order valence-electron chi connectivity index (χ2n) is 5.85. The van der Waals surface area contributed by atoms with Gasteiger partial charge in [-0.25, -0.2) is 4.39 Å². The molecule has 0 fully saturated rings. The highest BCUT2D eigenvalue weighted by molar-refractivity contribution is 6.42. The predicted octanol–water partition coefficient (Wildman–Crippen LogP) is 5.96. The van der Waals surface area contributed by atoms with Crippen LogP contribution >= 0.6 is 23.2 Å². The van der Waals surface area contributed by atoms with Crippen LogP contribution in [0.2, 0.25) is 10.0 Å². The van der Waals surface area contributed by atoms with E-state index in [1.54, 1.807) is 18.2 Å². The van der Waals surface area contributed by atoms with Gasteiger partial charge in [0.2, 0.25) is 0 Å². The average molecular weight is 334 g/mol. The van der Waals surface area contributed by atoms with Gasteiger partial charge in [0.05, 0.1) is 16.1 Å². The quantitative estimate of drug-likeness (QED) is 0.635. The Morgan fingerprint density at radius 3 is 2.82 bits per heavy atom. The zero-order valence-electron chi connectivity index (χ0n) is 11.7. The number of anilines is 1. The maximum absolute atomic E-state index is 13.6.